The first-order valence-corrected chi connectivity index (χ1v) is 6.79. The Morgan fingerprint density at radius 3 is 2.37 bits per heavy atom. The van der Waals surface area contributed by atoms with Crippen LogP contribution in [0.25, 0.3) is 0 Å². The van der Waals surface area contributed by atoms with Gasteiger partial charge in [0.15, 0.2) is 11.0 Å². The summed E-state index contributed by atoms with van der Waals surface area (Å²) >= 11 is 6.00. The highest BCUT2D eigenvalue weighted by atomic mass is 35.5. The molecule has 0 amide bonds. The smallest absolute Gasteiger partial charge is 0.155 e. The zero-order chi connectivity index (χ0) is 13.8. The summed E-state index contributed by atoms with van der Waals surface area (Å²) in [5.74, 6) is 0.910. The lowest BCUT2D eigenvalue weighted by atomic mass is 10.1. The average molecular weight is 276 g/mol. The van der Waals surface area contributed by atoms with Gasteiger partial charge in [-0.15, -0.1) is 10.2 Å². The van der Waals surface area contributed by atoms with Gasteiger partial charge in [-0.1, -0.05) is 41.9 Å². The Balaban J connectivity index is 2.30. The monoisotopic (exact) mass is 275 g/mol. The van der Waals surface area contributed by atoms with Gasteiger partial charge in [-0.3, -0.25) is 0 Å². The molecule has 0 fully saturated rings. The lowest BCUT2D eigenvalue weighted by Crippen LogP contribution is -2.24. The third-order valence-corrected chi connectivity index (χ3v) is 3.70. The summed E-state index contributed by atoms with van der Waals surface area (Å²) in [7, 11) is 0. The molecule has 0 radical (unpaired) electrons. The van der Waals surface area contributed by atoms with Crippen LogP contribution in [-0.2, 0) is 6.54 Å². The van der Waals surface area contributed by atoms with Gasteiger partial charge in [-0.2, -0.15) is 0 Å². The van der Waals surface area contributed by atoms with Crippen molar-refractivity contribution >= 4 is 17.4 Å². The molecule has 1 aromatic carbocycles. The van der Waals surface area contributed by atoms with Crippen molar-refractivity contribution < 1.29 is 0 Å². The molecule has 3 nitrogen and oxygen atoms in total. The Hall–Kier alpha value is -1.61. The van der Waals surface area contributed by atoms with Gasteiger partial charge in [0.1, 0.15) is 0 Å². The lowest BCUT2D eigenvalue weighted by molar-refractivity contribution is 0.787. The van der Waals surface area contributed by atoms with Crippen molar-refractivity contribution in [3.8, 4) is 0 Å². The van der Waals surface area contributed by atoms with Crippen LogP contribution in [0.5, 0.6) is 0 Å². The quantitative estimate of drug-likeness (QED) is 0.850. The molecule has 0 atom stereocenters. The molecule has 0 aliphatic rings. The fraction of sp³-hybridized carbons (Fsp3) is 0.333. The first-order chi connectivity index (χ1) is 9.13. The molecule has 2 aromatic rings. The molecule has 19 heavy (non-hydrogen) atoms. The number of hydrogen-bond acceptors (Lipinski definition) is 3. The van der Waals surface area contributed by atoms with Gasteiger partial charge in [0.2, 0.25) is 0 Å². The normalized spacial score (nSPS) is 10.5. The molecule has 4 heteroatoms. The van der Waals surface area contributed by atoms with E-state index in [9.17, 15) is 0 Å². The zero-order valence-corrected chi connectivity index (χ0v) is 12.3. The van der Waals surface area contributed by atoms with E-state index in [4.69, 9.17) is 11.6 Å². The number of aromatic nitrogens is 2. The SMILES string of the molecule is CCN(Cc1ccccc1)c1nnc(Cl)c(C)c1C. The highest BCUT2D eigenvalue weighted by Gasteiger charge is 2.14. The van der Waals surface area contributed by atoms with Crippen LogP contribution in [0.4, 0.5) is 5.82 Å². The maximum atomic E-state index is 6.00. The zero-order valence-electron chi connectivity index (χ0n) is 11.5. The highest BCUT2D eigenvalue weighted by molar-refractivity contribution is 6.30. The second-order valence-corrected chi connectivity index (χ2v) is 4.92. The molecular formula is C15H18ClN3. The van der Waals surface area contributed by atoms with E-state index in [0.29, 0.717) is 5.15 Å². The fourth-order valence-electron chi connectivity index (χ4n) is 2.00. The van der Waals surface area contributed by atoms with Gasteiger partial charge in [0, 0.05) is 13.1 Å². The van der Waals surface area contributed by atoms with Crippen molar-refractivity contribution in [3.63, 3.8) is 0 Å². The first-order valence-electron chi connectivity index (χ1n) is 6.41. The number of rotatable bonds is 4. The molecule has 0 spiro atoms. The van der Waals surface area contributed by atoms with Gasteiger partial charge >= 0.3 is 0 Å². The molecule has 0 bridgehead atoms. The maximum absolute atomic E-state index is 6.00. The predicted molar refractivity (Wildman–Crippen MR) is 79.7 cm³/mol. The highest BCUT2D eigenvalue weighted by Crippen LogP contribution is 2.24. The van der Waals surface area contributed by atoms with Crippen LogP contribution in [-0.4, -0.2) is 16.7 Å². The number of benzene rings is 1. The van der Waals surface area contributed by atoms with Crippen LogP contribution < -0.4 is 4.90 Å². The Morgan fingerprint density at radius 2 is 1.74 bits per heavy atom. The Labute approximate surface area is 119 Å². The maximum Gasteiger partial charge on any atom is 0.155 e. The van der Waals surface area contributed by atoms with E-state index in [2.05, 4.69) is 46.3 Å². The fourth-order valence-corrected chi connectivity index (χ4v) is 2.18. The van der Waals surface area contributed by atoms with E-state index >= 15 is 0 Å². The predicted octanol–water partition coefficient (Wildman–Crippen LogP) is 3.77. The van der Waals surface area contributed by atoms with Crippen LogP contribution in [0.2, 0.25) is 5.15 Å². The van der Waals surface area contributed by atoms with Crippen molar-refractivity contribution in [1.82, 2.24) is 10.2 Å². The van der Waals surface area contributed by atoms with Crippen molar-refractivity contribution in [2.45, 2.75) is 27.3 Å². The average Bonchev–Trinajstić information content (AvgIpc) is 2.44. The third kappa shape index (κ3) is 3.04. The van der Waals surface area contributed by atoms with Gasteiger partial charge in [-0.05, 0) is 37.5 Å². The van der Waals surface area contributed by atoms with Gasteiger partial charge in [0.05, 0.1) is 0 Å². The van der Waals surface area contributed by atoms with E-state index in [1.807, 2.05) is 19.9 Å². The van der Waals surface area contributed by atoms with Crippen LogP contribution in [0.3, 0.4) is 0 Å². The number of anilines is 1. The molecule has 0 aliphatic carbocycles. The molecule has 0 saturated carbocycles. The standard InChI is InChI=1S/C15H18ClN3/c1-4-19(10-13-8-6-5-7-9-13)15-12(3)11(2)14(16)17-18-15/h5-9H,4,10H2,1-3H3. The minimum atomic E-state index is 0.483. The summed E-state index contributed by atoms with van der Waals surface area (Å²) in [6.07, 6.45) is 0. The minimum Gasteiger partial charge on any atom is -0.351 e. The van der Waals surface area contributed by atoms with Crippen LogP contribution in [0.1, 0.15) is 23.6 Å². The van der Waals surface area contributed by atoms with Crippen LogP contribution in [0, 0.1) is 13.8 Å². The summed E-state index contributed by atoms with van der Waals surface area (Å²) in [5.41, 5.74) is 3.36. The lowest BCUT2D eigenvalue weighted by Gasteiger charge is -2.24. The second-order valence-electron chi connectivity index (χ2n) is 4.56. The first kappa shape index (κ1) is 13.8. The third-order valence-electron chi connectivity index (χ3n) is 3.34. The van der Waals surface area contributed by atoms with E-state index in [-0.39, 0.29) is 0 Å². The largest absolute Gasteiger partial charge is 0.351 e. The molecule has 0 N–H and O–H groups in total. The van der Waals surface area contributed by atoms with Crippen molar-refractivity contribution in [2.75, 3.05) is 11.4 Å². The molecule has 100 valence electrons. The van der Waals surface area contributed by atoms with E-state index < -0.39 is 0 Å². The molecular weight excluding hydrogens is 258 g/mol. The van der Waals surface area contributed by atoms with Gasteiger partial charge < -0.3 is 4.90 Å². The summed E-state index contributed by atoms with van der Waals surface area (Å²) in [5, 5.41) is 8.76. The molecule has 2 rings (SSSR count). The van der Waals surface area contributed by atoms with Crippen molar-refractivity contribution in [3.05, 3.63) is 52.2 Å². The van der Waals surface area contributed by atoms with E-state index in [1.54, 1.807) is 0 Å². The number of hydrogen-bond donors (Lipinski definition) is 0. The summed E-state index contributed by atoms with van der Waals surface area (Å²) in [4.78, 5) is 2.21. The molecule has 1 heterocycles. The summed E-state index contributed by atoms with van der Waals surface area (Å²) < 4.78 is 0. The molecule has 0 aliphatic heterocycles. The van der Waals surface area contributed by atoms with Gasteiger partial charge in [0.25, 0.3) is 0 Å². The van der Waals surface area contributed by atoms with Crippen molar-refractivity contribution in [1.29, 1.82) is 0 Å². The number of nitrogens with zero attached hydrogens (tertiary/aromatic N) is 3. The number of halogens is 1. The Bertz CT molecular complexity index is 555. The van der Waals surface area contributed by atoms with Crippen LogP contribution in [0.15, 0.2) is 30.3 Å². The Kier molecular flexibility index (Phi) is 4.38. The van der Waals surface area contributed by atoms with Crippen molar-refractivity contribution in [2.24, 2.45) is 0 Å². The summed E-state index contributed by atoms with van der Waals surface area (Å²) in [6, 6.07) is 10.4. The topological polar surface area (TPSA) is 29.0 Å². The Morgan fingerprint density at radius 1 is 1.05 bits per heavy atom. The van der Waals surface area contributed by atoms with E-state index in [1.165, 1.54) is 5.56 Å². The summed E-state index contributed by atoms with van der Waals surface area (Å²) in [6.45, 7) is 7.85. The van der Waals surface area contributed by atoms with Gasteiger partial charge in [-0.25, -0.2) is 0 Å². The van der Waals surface area contributed by atoms with Crippen LogP contribution >= 0.6 is 11.6 Å². The molecule has 1 aromatic heterocycles. The second kappa shape index (κ2) is 6.02. The molecule has 0 unspecified atom stereocenters. The molecule has 0 saturated heterocycles. The van der Waals surface area contributed by atoms with E-state index in [0.717, 1.165) is 30.0 Å². The minimum absolute atomic E-state index is 0.483.